The first-order valence-corrected chi connectivity index (χ1v) is 10.5. The SMILES string of the molecule is CN1CCN([C@@H](CNC(=O)Cc2ccc(Cl)cc2)c2ccc(N(C)C)cc2)CC1. The van der Waals surface area contributed by atoms with Gasteiger partial charge in [0.1, 0.15) is 0 Å². The van der Waals surface area contributed by atoms with Gasteiger partial charge in [-0.2, -0.15) is 0 Å². The lowest BCUT2D eigenvalue weighted by molar-refractivity contribution is -0.120. The highest BCUT2D eigenvalue weighted by Crippen LogP contribution is 2.24. The van der Waals surface area contributed by atoms with Crippen LogP contribution < -0.4 is 10.2 Å². The minimum atomic E-state index is 0.0383. The van der Waals surface area contributed by atoms with Gasteiger partial charge in [-0.1, -0.05) is 35.9 Å². The van der Waals surface area contributed by atoms with Gasteiger partial charge in [0, 0.05) is 57.5 Å². The van der Waals surface area contributed by atoms with Gasteiger partial charge in [0.05, 0.1) is 12.5 Å². The summed E-state index contributed by atoms with van der Waals surface area (Å²) in [5.41, 5.74) is 3.39. The molecule has 5 nitrogen and oxygen atoms in total. The van der Waals surface area contributed by atoms with Gasteiger partial charge in [-0.05, 0) is 42.4 Å². The Hall–Kier alpha value is -2.08. The van der Waals surface area contributed by atoms with Crippen molar-refractivity contribution in [3.05, 3.63) is 64.7 Å². The fourth-order valence-corrected chi connectivity index (χ4v) is 3.77. The number of nitrogens with one attached hydrogen (secondary N) is 1. The molecule has 1 fully saturated rings. The van der Waals surface area contributed by atoms with Crippen molar-refractivity contribution in [2.24, 2.45) is 0 Å². The summed E-state index contributed by atoms with van der Waals surface area (Å²) in [5.74, 6) is 0.0383. The topological polar surface area (TPSA) is 38.8 Å². The molecule has 0 bridgehead atoms. The number of hydrogen-bond acceptors (Lipinski definition) is 4. The molecule has 0 saturated carbocycles. The van der Waals surface area contributed by atoms with Crippen LogP contribution in [-0.4, -0.2) is 69.6 Å². The maximum Gasteiger partial charge on any atom is 0.224 e. The Balaban J connectivity index is 1.67. The molecule has 2 aromatic rings. The van der Waals surface area contributed by atoms with E-state index in [1.54, 1.807) is 0 Å². The number of piperazine rings is 1. The number of carbonyl (C=O) groups is 1. The van der Waals surface area contributed by atoms with E-state index in [4.69, 9.17) is 11.6 Å². The molecule has 29 heavy (non-hydrogen) atoms. The van der Waals surface area contributed by atoms with E-state index < -0.39 is 0 Å². The monoisotopic (exact) mass is 414 g/mol. The second-order valence-corrected chi connectivity index (χ2v) is 8.38. The highest BCUT2D eigenvalue weighted by molar-refractivity contribution is 6.30. The summed E-state index contributed by atoms with van der Waals surface area (Å²) in [4.78, 5) is 19.5. The molecule has 0 unspecified atom stereocenters. The lowest BCUT2D eigenvalue weighted by Crippen LogP contribution is -2.48. The van der Waals surface area contributed by atoms with Crippen molar-refractivity contribution >= 4 is 23.2 Å². The van der Waals surface area contributed by atoms with Crippen LogP contribution in [0.5, 0.6) is 0 Å². The summed E-state index contributed by atoms with van der Waals surface area (Å²) in [6.07, 6.45) is 0.367. The van der Waals surface area contributed by atoms with Crippen molar-refractivity contribution in [1.29, 1.82) is 0 Å². The van der Waals surface area contributed by atoms with E-state index in [0.29, 0.717) is 18.0 Å². The minimum absolute atomic E-state index is 0.0383. The maximum absolute atomic E-state index is 12.5. The molecule has 2 aromatic carbocycles. The van der Waals surface area contributed by atoms with Crippen molar-refractivity contribution < 1.29 is 4.79 Å². The van der Waals surface area contributed by atoms with E-state index in [0.717, 1.165) is 31.7 Å². The van der Waals surface area contributed by atoms with Crippen molar-refractivity contribution in [3.63, 3.8) is 0 Å². The van der Waals surface area contributed by atoms with Gasteiger partial charge in [-0.25, -0.2) is 0 Å². The normalized spacial score (nSPS) is 16.4. The molecule has 0 aromatic heterocycles. The highest BCUT2D eigenvalue weighted by Gasteiger charge is 2.24. The number of anilines is 1. The van der Waals surface area contributed by atoms with Crippen LogP contribution in [-0.2, 0) is 11.2 Å². The number of halogens is 1. The zero-order valence-corrected chi connectivity index (χ0v) is 18.3. The molecule has 6 heteroatoms. The minimum Gasteiger partial charge on any atom is -0.378 e. The Bertz CT molecular complexity index is 784. The summed E-state index contributed by atoms with van der Waals surface area (Å²) in [6.45, 7) is 4.71. The van der Waals surface area contributed by atoms with Gasteiger partial charge in [0.15, 0.2) is 0 Å². The Morgan fingerprint density at radius 3 is 2.24 bits per heavy atom. The molecule has 1 N–H and O–H groups in total. The Morgan fingerprint density at radius 2 is 1.66 bits per heavy atom. The van der Waals surface area contributed by atoms with Crippen molar-refractivity contribution in [2.45, 2.75) is 12.5 Å². The first kappa shape index (κ1) is 21.6. The molecule has 0 aliphatic carbocycles. The average molecular weight is 415 g/mol. The molecule has 1 heterocycles. The Labute approximate surface area is 179 Å². The van der Waals surface area contributed by atoms with E-state index in [1.165, 1.54) is 11.3 Å². The van der Waals surface area contributed by atoms with E-state index in [1.807, 2.05) is 38.4 Å². The number of likely N-dealkylation sites (N-methyl/N-ethyl adjacent to an activating group) is 1. The van der Waals surface area contributed by atoms with Gasteiger partial charge in [-0.3, -0.25) is 9.69 Å². The fourth-order valence-electron chi connectivity index (χ4n) is 3.65. The lowest BCUT2D eigenvalue weighted by atomic mass is 10.0. The summed E-state index contributed by atoms with van der Waals surface area (Å²) < 4.78 is 0. The fraction of sp³-hybridized carbons (Fsp3) is 0.435. The maximum atomic E-state index is 12.5. The van der Waals surface area contributed by atoms with Gasteiger partial charge in [-0.15, -0.1) is 0 Å². The molecule has 1 saturated heterocycles. The highest BCUT2D eigenvalue weighted by atomic mass is 35.5. The molecular weight excluding hydrogens is 384 g/mol. The molecule has 1 aliphatic heterocycles. The number of amides is 1. The first-order chi connectivity index (χ1) is 13.9. The lowest BCUT2D eigenvalue weighted by Gasteiger charge is -2.38. The average Bonchev–Trinajstić information content (AvgIpc) is 2.71. The second-order valence-electron chi connectivity index (χ2n) is 7.95. The molecule has 0 spiro atoms. The zero-order valence-electron chi connectivity index (χ0n) is 17.6. The molecular formula is C23H31ClN4O. The number of nitrogens with zero attached hydrogens (tertiary/aromatic N) is 3. The van der Waals surface area contributed by atoms with Crippen molar-refractivity contribution in [1.82, 2.24) is 15.1 Å². The largest absolute Gasteiger partial charge is 0.378 e. The summed E-state index contributed by atoms with van der Waals surface area (Å²) >= 11 is 5.93. The van der Waals surface area contributed by atoms with Gasteiger partial charge < -0.3 is 15.1 Å². The van der Waals surface area contributed by atoms with Crippen LogP contribution >= 0.6 is 11.6 Å². The number of carbonyl (C=O) groups excluding carboxylic acids is 1. The van der Waals surface area contributed by atoms with Crippen LogP contribution in [0.2, 0.25) is 5.02 Å². The molecule has 1 atom stereocenters. The van der Waals surface area contributed by atoms with E-state index >= 15 is 0 Å². The third-order valence-electron chi connectivity index (χ3n) is 5.54. The van der Waals surface area contributed by atoms with Crippen LogP contribution in [0.4, 0.5) is 5.69 Å². The van der Waals surface area contributed by atoms with Gasteiger partial charge in [0.25, 0.3) is 0 Å². The Morgan fingerprint density at radius 1 is 1.03 bits per heavy atom. The number of rotatable bonds is 7. The number of benzene rings is 2. The summed E-state index contributed by atoms with van der Waals surface area (Å²) in [7, 11) is 6.25. The Kier molecular flexibility index (Phi) is 7.53. The van der Waals surface area contributed by atoms with E-state index in [-0.39, 0.29) is 11.9 Å². The van der Waals surface area contributed by atoms with Crippen LogP contribution in [0.25, 0.3) is 0 Å². The zero-order chi connectivity index (χ0) is 20.8. The van der Waals surface area contributed by atoms with Crippen LogP contribution in [0.15, 0.2) is 48.5 Å². The predicted molar refractivity (Wildman–Crippen MR) is 121 cm³/mol. The standard InChI is InChI=1S/C23H31ClN4O/c1-26(2)21-10-6-19(7-11-21)22(28-14-12-27(3)13-15-28)17-25-23(29)16-18-4-8-20(24)9-5-18/h4-11,22H,12-17H2,1-3H3,(H,25,29)/t22-/m0/s1. The van der Waals surface area contributed by atoms with Crippen LogP contribution in [0.1, 0.15) is 17.2 Å². The first-order valence-electron chi connectivity index (χ1n) is 10.1. The summed E-state index contributed by atoms with van der Waals surface area (Å²) in [5, 5.41) is 3.84. The quantitative estimate of drug-likeness (QED) is 0.755. The van der Waals surface area contributed by atoms with Gasteiger partial charge >= 0.3 is 0 Å². The third kappa shape index (κ3) is 6.20. The molecule has 1 amide bonds. The molecule has 0 radical (unpaired) electrons. The van der Waals surface area contributed by atoms with Crippen molar-refractivity contribution in [3.8, 4) is 0 Å². The van der Waals surface area contributed by atoms with E-state index in [2.05, 4.69) is 51.3 Å². The smallest absolute Gasteiger partial charge is 0.224 e. The van der Waals surface area contributed by atoms with Crippen LogP contribution in [0, 0.1) is 0 Å². The molecule has 3 rings (SSSR count). The van der Waals surface area contributed by atoms with E-state index in [9.17, 15) is 4.79 Å². The molecule has 156 valence electrons. The third-order valence-corrected chi connectivity index (χ3v) is 5.80. The second kappa shape index (κ2) is 10.1. The van der Waals surface area contributed by atoms with Crippen molar-refractivity contribution in [2.75, 3.05) is 58.8 Å². The number of hydrogen-bond donors (Lipinski definition) is 1. The molecule has 1 aliphatic rings. The predicted octanol–water partition coefficient (Wildman–Crippen LogP) is 3.05. The van der Waals surface area contributed by atoms with Crippen LogP contribution in [0.3, 0.4) is 0 Å². The summed E-state index contributed by atoms with van der Waals surface area (Å²) in [6, 6.07) is 16.3. The van der Waals surface area contributed by atoms with Gasteiger partial charge in [0.2, 0.25) is 5.91 Å².